The number of allylic oxidation sites excluding steroid dienone is 4. The van der Waals surface area contributed by atoms with Crippen molar-refractivity contribution in [2.24, 2.45) is 34.0 Å². The highest BCUT2D eigenvalue weighted by Crippen LogP contribution is 2.72. The summed E-state index contributed by atoms with van der Waals surface area (Å²) in [6.07, 6.45) is -2.65. The van der Waals surface area contributed by atoms with Crippen molar-refractivity contribution in [3.05, 3.63) is 23.8 Å². The monoisotopic (exact) mass is 393 g/mol. The summed E-state index contributed by atoms with van der Waals surface area (Å²) in [5.74, 6) is -4.31. The molecule has 0 heterocycles. The number of Topliss-reactive ketones (excluding diaryl/α,β-unsaturated/α-hetero) is 1. The summed E-state index contributed by atoms with van der Waals surface area (Å²) in [6.45, 7) is 5.40. The third kappa shape index (κ3) is 2.08. The predicted octanol–water partition coefficient (Wildman–Crippen LogP) is 2.19. The average molecular weight is 394 g/mol. The summed E-state index contributed by atoms with van der Waals surface area (Å²) in [4.78, 5) is 25.2. The van der Waals surface area contributed by atoms with E-state index in [2.05, 4.69) is 0 Å². The second-order valence-electron chi connectivity index (χ2n) is 9.53. The molecule has 4 aliphatic carbocycles. The Morgan fingerprint density at radius 1 is 1.39 bits per heavy atom. The van der Waals surface area contributed by atoms with Crippen LogP contribution in [0.2, 0.25) is 0 Å². The van der Waals surface area contributed by atoms with Crippen molar-refractivity contribution in [3.63, 3.8) is 0 Å². The largest absolute Gasteiger partial charge is 0.392 e. The van der Waals surface area contributed by atoms with Crippen molar-refractivity contribution in [2.75, 3.05) is 6.61 Å². The molecule has 0 radical (unpaired) electrons. The van der Waals surface area contributed by atoms with E-state index in [9.17, 15) is 24.9 Å². The molecule has 0 bridgehead atoms. The van der Waals surface area contributed by atoms with Crippen LogP contribution >= 0.6 is 0 Å². The number of carbonyl (C=O) groups is 2. The lowest BCUT2D eigenvalue weighted by molar-refractivity contribution is -0.209. The van der Waals surface area contributed by atoms with Crippen molar-refractivity contribution < 1.29 is 31.8 Å². The van der Waals surface area contributed by atoms with Crippen LogP contribution in [0.15, 0.2) is 23.8 Å². The molecule has 0 aliphatic heterocycles. The lowest BCUT2D eigenvalue weighted by Crippen LogP contribution is -2.66. The van der Waals surface area contributed by atoms with Crippen molar-refractivity contribution in [3.8, 4) is 0 Å². The van der Waals surface area contributed by atoms with Crippen molar-refractivity contribution in [1.82, 2.24) is 0 Å². The summed E-state index contributed by atoms with van der Waals surface area (Å²) < 4.78 is 43.8. The molecule has 0 aromatic heterocycles. The van der Waals surface area contributed by atoms with Gasteiger partial charge in [0, 0.05) is 20.4 Å². The van der Waals surface area contributed by atoms with Gasteiger partial charge in [-0.2, -0.15) is 0 Å². The van der Waals surface area contributed by atoms with Gasteiger partial charge < -0.3 is 15.3 Å². The van der Waals surface area contributed by atoms with Crippen LogP contribution in [0.1, 0.15) is 60.2 Å². The van der Waals surface area contributed by atoms with Crippen LogP contribution < -0.4 is 0 Å². The van der Waals surface area contributed by atoms with E-state index in [0.29, 0.717) is 0 Å². The summed E-state index contributed by atoms with van der Waals surface area (Å²) in [5, 5.41) is 32.7. The zero-order chi connectivity index (χ0) is 25.2. The van der Waals surface area contributed by atoms with Crippen molar-refractivity contribution in [2.45, 2.75) is 65.0 Å². The van der Waals surface area contributed by atoms with E-state index in [1.165, 1.54) is 13.0 Å². The quantitative estimate of drug-likeness (QED) is 0.669. The fourth-order valence-electron chi connectivity index (χ4n) is 6.66. The molecular weight excluding hydrogens is 356 g/mol. The Bertz CT molecular complexity index is 1020. The van der Waals surface area contributed by atoms with E-state index in [-0.39, 0.29) is 24.8 Å². The van der Waals surface area contributed by atoms with Crippen LogP contribution in [-0.4, -0.2) is 45.2 Å². The molecule has 2 unspecified atom stereocenters. The highest BCUT2D eigenvalue weighted by molar-refractivity contribution is 6.01. The number of hydrogen-bond donors (Lipinski definition) is 3. The first-order chi connectivity index (χ1) is 14.9. The molecule has 3 N–H and O–H groups in total. The third-order valence-electron chi connectivity index (χ3n) is 8.61. The van der Waals surface area contributed by atoms with Crippen molar-refractivity contribution >= 4 is 11.6 Å². The molecule has 0 amide bonds. The second kappa shape index (κ2) is 5.87. The maximum absolute atomic E-state index is 12.7. The maximum atomic E-state index is 12.7. The van der Waals surface area contributed by atoms with E-state index < -0.39 is 82.3 Å². The second-order valence-corrected chi connectivity index (χ2v) is 9.53. The average Bonchev–Trinajstić information content (AvgIpc) is 3.00. The minimum Gasteiger partial charge on any atom is -0.392 e. The number of aliphatic hydroxyl groups is 3. The maximum Gasteiger partial charge on any atom is 0.190 e. The van der Waals surface area contributed by atoms with E-state index in [1.54, 1.807) is 20.8 Å². The van der Waals surface area contributed by atoms with Gasteiger partial charge in [0.05, 0.1) is 8.85 Å². The van der Waals surface area contributed by atoms with Gasteiger partial charge >= 0.3 is 0 Å². The molecule has 0 saturated heterocycles. The predicted molar refractivity (Wildman–Crippen MR) is 104 cm³/mol. The standard InChI is InChI=1S/C23H32O5/c1-13-9-17-15-6-8-23(28,19(27)12-24)21(15,3)11-18(26)22(17,4)20(2)7-5-14(25)10-16(13)20/h5,7,10,13,15,17-18,24,26,28H,6,8-9,11-12H2,1-4H3/t13-,15?,17?,18-,20-,21-,22+,23-/m0/s1/i5D,10D,11D2,13D. The van der Waals surface area contributed by atoms with Crippen LogP contribution in [0.4, 0.5) is 0 Å². The highest BCUT2D eigenvalue weighted by Gasteiger charge is 2.72. The molecule has 0 aromatic carbocycles. The third-order valence-corrected chi connectivity index (χ3v) is 8.61. The molecule has 8 atom stereocenters. The molecule has 3 saturated carbocycles. The summed E-state index contributed by atoms with van der Waals surface area (Å²) in [7, 11) is 0. The number of hydrogen-bond acceptors (Lipinski definition) is 5. The molecule has 28 heavy (non-hydrogen) atoms. The van der Waals surface area contributed by atoms with Gasteiger partial charge in [0.1, 0.15) is 12.2 Å². The molecule has 5 heteroatoms. The van der Waals surface area contributed by atoms with Gasteiger partial charge in [0.2, 0.25) is 0 Å². The first-order valence-electron chi connectivity index (χ1n) is 12.4. The molecule has 3 fully saturated rings. The molecule has 154 valence electrons. The topological polar surface area (TPSA) is 94.8 Å². The van der Waals surface area contributed by atoms with Gasteiger partial charge in [0.25, 0.3) is 0 Å². The molecule has 5 nitrogen and oxygen atoms in total. The molecular formula is C23H32O5. The number of ketones is 2. The van der Waals surface area contributed by atoms with Gasteiger partial charge in [-0.1, -0.05) is 39.3 Å². The molecule has 4 aliphatic rings. The van der Waals surface area contributed by atoms with Gasteiger partial charge in [0.15, 0.2) is 11.6 Å². The van der Waals surface area contributed by atoms with Gasteiger partial charge in [-0.3, -0.25) is 9.59 Å². The van der Waals surface area contributed by atoms with Crippen LogP contribution in [-0.2, 0) is 9.59 Å². The Morgan fingerprint density at radius 2 is 2.07 bits per heavy atom. The summed E-state index contributed by atoms with van der Waals surface area (Å²) in [5.41, 5.74) is -6.44. The Hall–Kier alpha value is -1.30. The van der Waals surface area contributed by atoms with E-state index >= 15 is 0 Å². The zero-order valence-electron chi connectivity index (χ0n) is 21.8. The van der Waals surface area contributed by atoms with Crippen molar-refractivity contribution in [1.29, 1.82) is 0 Å². The lowest BCUT2D eigenvalue weighted by Gasteiger charge is -2.66. The molecule has 0 spiro atoms. The first kappa shape index (κ1) is 14.6. The summed E-state index contributed by atoms with van der Waals surface area (Å²) >= 11 is 0. The summed E-state index contributed by atoms with van der Waals surface area (Å²) in [6, 6.07) is -0.884. The number of rotatable bonds is 2. The Morgan fingerprint density at radius 3 is 2.71 bits per heavy atom. The van der Waals surface area contributed by atoms with E-state index in [0.717, 1.165) is 0 Å². The minimum absolute atomic E-state index is 0.0811. The van der Waals surface area contributed by atoms with E-state index in [4.69, 9.17) is 6.85 Å². The minimum atomic E-state index is -2.50. The Labute approximate surface area is 173 Å². The number of fused-ring (bicyclic) bond motifs is 5. The zero-order valence-corrected chi connectivity index (χ0v) is 16.8. The Kier molecular flexibility index (Phi) is 3.07. The van der Waals surface area contributed by atoms with Crippen LogP contribution in [0.25, 0.3) is 0 Å². The van der Waals surface area contributed by atoms with Gasteiger partial charge in [-0.05, 0) is 55.5 Å². The number of carbonyl (C=O) groups excluding carboxylic acids is 2. The van der Waals surface area contributed by atoms with Crippen LogP contribution in [0.5, 0.6) is 0 Å². The van der Waals surface area contributed by atoms with E-state index in [1.807, 2.05) is 0 Å². The SMILES string of the molecule is [2H]C1=C[C@@]2(C)C(=C([2H])C1=O)[C@@]([2H])(C)CC1C3CC[C@](O)(C(=O)CO)[C@@]3(C)C([2H])([2H])[C@H](O)[C@@]12C. The molecule has 4 rings (SSSR count). The molecule has 0 aromatic rings. The van der Waals surface area contributed by atoms with Crippen LogP contribution in [0, 0.1) is 34.0 Å². The fourth-order valence-corrected chi connectivity index (χ4v) is 6.66. The highest BCUT2D eigenvalue weighted by atomic mass is 16.3. The van der Waals surface area contributed by atoms with Crippen LogP contribution in [0.3, 0.4) is 0 Å². The normalized spacial score (nSPS) is 60.2. The fraction of sp³-hybridized carbons (Fsp3) is 0.739. The van der Waals surface area contributed by atoms with Gasteiger partial charge in [-0.25, -0.2) is 0 Å². The number of aliphatic hydroxyl groups excluding tert-OH is 2. The first-order valence-corrected chi connectivity index (χ1v) is 9.90. The lowest BCUT2D eigenvalue weighted by atomic mass is 9.38. The smallest absolute Gasteiger partial charge is 0.190 e. The Balaban J connectivity index is 2.03. The van der Waals surface area contributed by atoms with Gasteiger partial charge in [-0.15, -0.1) is 0 Å².